The lowest BCUT2D eigenvalue weighted by atomic mass is 10.2. The summed E-state index contributed by atoms with van der Waals surface area (Å²) in [4.78, 5) is 5.97. The van der Waals surface area contributed by atoms with Gasteiger partial charge in [-0.3, -0.25) is 0 Å². The van der Waals surface area contributed by atoms with E-state index in [1.807, 2.05) is 25.9 Å². The lowest BCUT2D eigenvalue weighted by Gasteiger charge is -2.09. The highest BCUT2D eigenvalue weighted by Gasteiger charge is 1.91. The number of hydrogen-bond acceptors (Lipinski definition) is 3. The molecule has 0 aromatic rings. The number of rotatable bonds is 4. The van der Waals surface area contributed by atoms with Crippen molar-refractivity contribution >= 4 is 6.21 Å². The fraction of sp³-hybridized carbons (Fsp3) is 0.444. The van der Waals surface area contributed by atoms with Crippen LogP contribution in [0.15, 0.2) is 29.2 Å². The second kappa shape index (κ2) is 5.41. The van der Waals surface area contributed by atoms with Crippen molar-refractivity contribution in [2.45, 2.75) is 13.3 Å². The summed E-state index contributed by atoms with van der Waals surface area (Å²) in [5, 5.41) is 0. The fourth-order valence-electron chi connectivity index (χ4n) is 0.525. The third kappa shape index (κ3) is 3.81. The minimum Gasteiger partial charge on any atom is -0.404 e. The molecule has 0 rings (SSSR count). The Hall–Kier alpha value is -1.25. The van der Waals surface area contributed by atoms with Gasteiger partial charge in [-0.05, 0) is 18.2 Å². The van der Waals surface area contributed by atoms with Crippen molar-refractivity contribution in [3.8, 4) is 0 Å². The minimum atomic E-state index is 0.725. The summed E-state index contributed by atoms with van der Waals surface area (Å²) in [6, 6.07) is 0. The summed E-state index contributed by atoms with van der Waals surface area (Å²) >= 11 is 0. The Balaban J connectivity index is 4.15. The maximum absolute atomic E-state index is 5.35. The predicted octanol–water partition coefficient (Wildman–Crippen LogP) is 1.34. The molecule has 0 unspecified atom stereocenters. The van der Waals surface area contributed by atoms with Gasteiger partial charge < -0.3 is 10.6 Å². The molecule has 12 heavy (non-hydrogen) atoms. The van der Waals surface area contributed by atoms with Crippen molar-refractivity contribution < 1.29 is 0 Å². The van der Waals surface area contributed by atoms with Gasteiger partial charge in [0.25, 0.3) is 0 Å². The van der Waals surface area contributed by atoms with E-state index < -0.39 is 0 Å². The van der Waals surface area contributed by atoms with Crippen LogP contribution in [0.1, 0.15) is 13.3 Å². The standard InChI is InChI=1S/C9H17N3/c1-5-9(6-10)7-11-8(2)12(3)4/h6-7H,2,5,10H2,1,3-4H3/b9-6-,11-7?. The Morgan fingerprint density at radius 1 is 1.58 bits per heavy atom. The Labute approximate surface area is 74.3 Å². The average Bonchev–Trinajstić information content (AvgIpc) is 2.05. The topological polar surface area (TPSA) is 41.6 Å². The molecule has 2 N–H and O–H groups in total. The molecule has 68 valence electrons. The first-order valence-electron chi connectivity index (χ1n) is 3.92. The highest BCUT2D eigenvalue weighted by Crippen LogP contribution is 1.99. The van der Waals surface area contributed by atoms with Crippen molar-refractivity contribution in [1.29, 1.82) is 0 Å². The normalized spacial score (nSPS) is 12.1. The summed E-state index contributed by atoms with van der Waals surface area (Å²) in [6.45, 7) is 5.79. The van der Waals surface area contributed by atoms with Gasteiger partial charge in [0.1, 0.15) is 5.82 Å². The fourth-order valence-corrected chi connectivity index (χ4v) is 0.525. The van der Waals surface area contributed by atoms with E-state index in [4.69, 9.17) is 5.73 Å². The quantitative estimate of drug-likeness (QED) is 0.642. The highest BCUT2D eigenvalue weighted by atomic mass is 15.2. The molecule has 0 aliphatic heterocycles. The highest BCUT2D eigenvalue weighted by molar-refractivity contribution is 5.78. The van der Waals surface area contributed by atoms with Crippen LogP contribution in [-0.4, -0.2) is 25.2 Å². The summed E-state index contributed by atoms with van der Waals surface area (Å²) in [6.07, 6.45) is 4.19. The molecule has 0 heterocycles. The largest absolute Gasteiger partial charge is 0.404 e. The van der Waals surface area contributed by atoms with Crippen molar-refractivity contribution in [3.63, 3.8) is 0 Å². The molecule has 0 atom stereocenters. The number of hydrogen-bond donors (Lipinski definition) is 1. The first kappa shape index (κ1) is 10.8. The van der Waals surface area contributed by atoms with Crippen LogP contribution in [0.4, 0.5) is 0 Å². The molecule has 0 saturated carbocycles. The minimum absolute atomic E-state index is 0.725. The summed E-state index contributed by atoms with van der Waals surface area (Å²) in [5.74, 6) is 0.725. The van der Waals surface area contributed by atoms with Crippen LogP contribution < -0.4 is 5.73 Å². The van der Waals surface area contributed by atoms with Gasteiger partial charge in [0, 0.05) is 20.3 Å². The smallest absolute Gasteiger partial charge is 0.120 e. The van der Waals surface area contributed by atoms with Crippen molar-refractivity contribution in [2.75, 3.05) is 14.1 Å². The first-order chi connectivity index (χ1) is 5.61. The van der Waals surface area contributed by atoms with E-state index in [0.717, 1.165) is 17.8 Å². The molecule has 3 nitrogen and oxygen atoms in total. The zero-order valence-corrected chi connectivity index (χ0v) is 8.04. The molecule has 0 fully saturated rings. The SMILES string of the molecule is C=C(N=C/C(=C\N)CC)N(C)C. The third-order valence-corrected chi connectivity index (χ3v) is 1.52. The second-order valence-corrected chi connectivity index (χ2v) is 2.66. The van der Waals surface area contributed by atoms with Gasteiger partial charge in [-0.15, -0.1) is 0 Å². The van der Waals surface area contributed by atoms with E-state index >= 15 is 0 Å². The molecule has 0 aliphatic rings. The zero-order chi connectivity index (χ0) is 9.56. The van der Waals surface area contributed by atoms with Crippen molar-refractivity contribution in [1.82, 2.24) is 4.90 Å². The van der Waals surface area contributed by atoms with Crippen LogP contribution in [-0.2, 0) is 0 Å². The summed E-state index contributed by atoms with van der Waals surface area (Å²) < 4.78 is 0. The molecule has 3 heteroatoms. The molecule has 0 aromatic carbocycles. The molecule has 0 spiro atoms. The van der Waals surface area contributed by atoms with E-state index in [1.54, 1.807) is 12.4 Å². The lowest BCUT2D eigenvalue weighted by molar-refractivity contribution is 0.510. The van der Waals surface area contributed by atoms with Crippen LogP contribution in [0.5, 0.6) is 0 Å². The average molecular weight is 167 g/mol. The van der Waals surface area contributed by atoms with E-state index in [2.05, 4.69) is 11.6 Å². The second-order valence-electron chi connectivity index (χ2n) is 2.66. The van der Waals surface area contributed by atoms with Crippen LogP contribution in [0.25, 0.3) is 0 Å². The van der Waals surface area contributed by atoms with Crippen molar-refractivity contribution in [3.05, 3.63) is 24.2 Å². The van der Waals surface area contributed by atoms with E-state index in [0.29, 0.717) is 0 Å². The molecule has 0 saturated heterocycles. The molecule has 0 aromatic heterocycles. The van der Waals surface area contributed by atoms with E-state index in [1.165, 1.54) is 0 Å². The molecular formula is C9H17N3. The van der Waals surface area contributed by atoms with Gasteiger partial charge in [-0.1, -0.05) is 13.5 Å². The Bertz CT molecular complexity index is 202. The van der Waals surface area contributed by atoms with Gasteiger partial charge in [-0.2, -0.15) is 0 Å². The predicted molar refractivity (Wildman–Crippen MR) is 53.9 cm³/mol. The summed E-state index contributed by atoms with van der Waals surface area (Å²) in [5.41, 5.74) is 6.36. The zero-order valence-electron chi connectivity index (χ0n) is 8.04. The van der Waals surface area contributed by atoms with E-state index in [-0.39, 0.29) is 0 Å². The molecular weight excluding hydrogens is 150 g/mol. The molecule has 0 amide bonds. The van der Waals surface area contributed by atoms with Crippen LogP contribution in [0, 0.1) is 0 Å². The van der Waals surface area contributed by atoms with Gasteiger partial charge >= 0.3 is 0 Å². The monoisotopic (exact) mass is 167 g/mol. The molecule has 0 aliphatic carbocycles. The van der Waals surface area contributed by atoms with Crippen LogP contribution >= 0.6 is 0 Å². The van der Waals surface area contributed by atoms with Gasteiger partial charge in [-0.25, -0.2) is 4.99 Å². The number of aliphatic imine (C=N–C) groups is 1. The van der Waals surface area contributed by atoms with Crippen LogP contribution in [0.2, 0.25) is 0 Å². The first-order valence-corrected chi connectivity index (χ1v) is 3.92. The number of nitrogens with zero attached hydrogens (tertiary/aromatic N) is 2. The Morgan fingerprint density at radius 2 is 2.17 bits per heavy atom. The van der Waals surface area contributed by atoms with Crippen LogP contribution in [0.3, 0.4) is 0 Å². The number of allylic oxidation sites excluding steroid dienone is 1. The Morgan fingerprint density at radius 3 is 2.50 bits per heavy atom. The van der Waals surface area contributed by atoms with Gasteiger partial charge in [0.2, 0.25) is 0 Å². The van der Waals surface area contributed by atoms with Crippen molar-refractivity contribution in [2.24, 2.45) is 10.7 Å². The maximum atomic E-state index is 5.35. The third-order valence-electron chi connectivity index (χ3n) is 1.52. The Kier molecular flexibility index (Phi) is 4.84. The van der Waals surface area contributed by atoms with Gasteiger partial charge in [0.15, 0.2) is 0 Å². The number of nitrogens with two attached hydrogens (primary N) is 1. The lowest BCUT2D eigenvalue weighted by Crippen LogP contribution is -2.08. The summed E-state index contributed by atoms with van der Waals surface area (Å²) in [7, 11) is 3.80. The molecule has 0 radical (unpaired) electrons. The van der Waals surface area contributed by atoms with Gasteiger partial charge in [0.05, 0.1) is 0 Å². The van der Waals surface area contributed by atoms with E-state index in [9.17, 15) is 0 Å². The maximum Gasteiger partial charge on any atom is 0.120 e. The molecule has 0 bridgehead atoms.